The van der Waals surface area contributed by atoms with E-state index < -0.39 is 0 Å². The summed E-state index contributed by atoms with van der Waals surface area (Å²) in [6.07, 6.45) is 1.72. The van der Waals surface area contributed by atoms with E-state index in [-0.39, 0.29) is 5.82 Å². The summed E-state index contributed by atoms with van der Waals surface area (Å²) in [4.78, 5) is 0. The molecule has 0 aliphatic heterocycles. The number of hydrogen-bond acceptors (Lipinski definition) is 1. The lowest BCUT2D eigenvalue weighted by Gasteiger charge is -2.07. The number of rotatable bonds is 2. The molecular weight excluding hydrogens is 227 g/mol. The van der Waals surface area contributed by atoms with Crippen LogP contribution in [0.5, 0.6) is 0 Å². The summed E-state index contributed by atoms with van der Waals surface area (Å²) in [6, 6.07) is 18.3. The second-order valence-electron chi connectivity index (χ2n) is 3.97. The number of halogens is 1. The highest BCUT2D eigenvalue weighted by Crippen LogP contribution is 2.22. The number of benzene rings is 2. The summed E-state index contributed by atoms with van der Waals surface area (Å²) in [5.74, 6) is -0.262. The van der Waals surface area contributed by atoms with Crippen molar-refractivity contribution in [2.24, 2.45) is 0 Å². The minimum Gasteiger partial charge on any atom is -0.233 e. The van der Waals surface area contributed by atoms with Crippen molar-refractivity contribution in [3.8, 4) is 16.9 Å². The van der Waals surface area contributed by atoms with Crippen LogP contribution in [0.15, 0.2) is 66.9 Å². The van der Waals surface area contributed by atoms with Crippen molar-refractivity contribution in [1.29, 1.82) is 0 Å². The van der Waals surface area contributed by atoms with E-state index in [0.29, 0.717) is 0 Å². The highest BCUT2D eigenvalue weighted by Gasteiger charge is 2.07. The van der Waals surface area contributed by atoms with Gasteiger partial charge in [-0.25, -0.2) is 9.07 Å². The Morgan fingerprint density at radius 2 is 1.72 bits per heavy atom. The minimum atomic E-state index is -0.262. The predicted molar refractivity (Wildman–Crippen MR) is 69.0 cm³/mol. The van der Waals surface area contributed by atoms with Crippen LogP contribution in [-0.2, 0) is 0 Å². The first-order valence-corrected chi connectivity index (χ1v) is 5.70. The van der Waals surface area contributed by atoms with Gasteiger partial charge < -0.3 is 0 Å². The van der Waals surface area contributed by atoms with Gasteiger partial charge in [0.05, 0.1) is 17.6 Å². The van der Waals surface area contributed by atoms with Crippen molar-refractivity contribution in [3.05, 3.63) is 72.7 Å². The average Bonchev–Trinajstić information content (AvgIpc) is 2.89. The topological polar surface area (TPSA) is 17.8 Å². The van der Waals surface area contributed by atoms with Crippen LogP contribution in [0.2, 0.25) is 0 Å². The zero-order chi connectivity index (χ0) is 12.4. The van der Waals surface area contributed by atoms with E-state index in [1.807, 2.05) is 42.5 Å². The van der Waals surface area contributed by atoms with Gasteiger partial charge in [-0.3, -0.25) is 0 Å². The molecule has 3 heteroatoms. The second-order valence-corrected chi connectivity index (χ2v) is 3.97. The zero-order valence-corrected chi connectivity index (χ0v) is 9.62. The molecule has 0 spiro atoms. The first kappa shape index (κ1) is 10.7. The summed E-state index contributed by atoms with van der Waals surface area (Å²) in [5, 5.41) is 4.25. The van der Waals surface area contributed by atoms with Crippen LogP contribution in [0.25, 0.3) is 16.9 Å². The van der Waals surface area contributed by atoms with Gasteiger partial charge in [-0.2, -0.15) is 5.10 Å². The third-order valence-corrected chi connectivity index (χ3v) is 2.77. The lowest BCUT2D eigenvalue weighted by molar-refractivity contribution is 0.625. The van der Waals surface area contributed by atoms with Crippen LogP contribution in [0.3, 0.4) is 0 Å². The molecule has 0 unspecified atom stereocenters. The number of nitrogens with zero attached hydrogens (tertiary/aromatic N) is 2. The Balaban J connectivity index is 2.13. The van der Waals surface area contributed by atoms with Gasteiger partial charge in [0, 0.05) is 5.56 Å². The van der Waals surface area contributed by atoms with E-state index in [0.717, 1.165) is 16.9 Å². The Labute approximate surface area is 104 Å². The van der Waals surface area contributed by atoms with E-state index in [9.17, 15) is 4.39 Å². The molecule has 0 bridgehead atoms. The second kappa shape index (κ2) is 4.45. The van der Waals surface area contributed by atoms with Gasteiger partial charge in [0.15, 0.2) is 0 Å². The molecule has 0 saturated heterocycles. The van der Waals surface area contributed by atoms with Crippen LogP contribution < -0.4 is 0 Å². The molecule has 18 heavy (non-hydrogen) atoms. The van der Waals surface area contributed by atoms with E-state index in [4.69, 9.17) is 0 Å². The van der Waals surface area contributed by atoms with E-state index in [1.165, 1.54) is 12.1 Å². The van der Waals surface area contributed by atoms with E-state index in [1.54, 1.807) is 16.9 Å². The number of aromatic nitrogens is 2. The summed E-state index contributed by atoms with van der Waals surface area (Å²) >= 11 is 0. The van der Waals surface area contributed by atoms with Crippen LogP contribution in [0, 0.1) is 5.82 Å². The Morgan fingerprint density at radius 1 is 0.889 bits per heavy atom. The molecule has 2 aromatic carbocycles. The maximum absolute atomic E-state index is 13.3. The molecule has 0 aliphatic rings. The summed E-state index contributed by atoms with van der Waals surface area (Å²) < 4.78 is 15.0. The van der Waals surface area contributed by atoms with Gasteiger partial charge in [0.1, 0.15) is 5.82 Å². The lowest BCUT2D eigenvalue weighted by Crippen LogP contribution is -1.99. The van der Waals surface area contributed by atoms with Gasteiger partial charge in [-0.05, 0) is 24.3 Å². The van der Waals surface area contributed by atoms with Crippen molar-refractivity contribution in [2.75, 3.05) is 0 Å². The standard InChI is InChI=1S/C15H11FN2/c16-13-7-4-8-14(11-13)18-15(9-10-17-18)12-5-2-1-3-6-12/h1-11H. The fraction of sp³-hybridized carbons (Fsp3) is 0. The molecule has 0 N–H and O–H groups in total. The molecular formula is C15H11FN2. The molecule has 0 aliphatic carbocycles. The number of hydrogen-bond donors (Lipinski definition) is 0. The average molecular weight is 238 g/mol. The predicted octanol–water partition coefficient (Wildman–Crippen LogP) is 3.68. The Kier molecular flexibility index (Phi) is 2.65. The lowest BCUT2D eigenvalue weighted by atomic mass is 10.1. The van der Waals surface area contributed by atoms with Crippen LogP contribution in [0.4, 0.5) is 4.39 Å². The maximum atomic E-state index is 13.3. The van der Waals surface area contributed by atoms with Crippen LogP contribution >= 0.6 is 0 Å². The molecule has 0 fully saturated rings. The Hall–Kier alpha value is -2.42. The quantitative estimate of drug-likeness (QED) is 0.666. The molecule has 1 heterocycles. The third-order valence-electron chi connectivity index (χ3n) is 2.77. The van der Waals surface area contributed by atoms with Crippen LogP contribution in [0.1, 0.15) is 0 Å². The highest BCUT2D eigenvalue weighted by atomic mass is 19.1. The summed E-state index contributed by atoms with van der Waals surface area (Å²) in [6.45, 7) is 0. The highest BCUT2D eigenvalue weighted by molar-refractivity contribution is 5.61. The van der Waals surface area contributed by atoms with Gasteiger partial charge in [-0.1, -0.05) is 36.4 Å². The van der Waals surface area contributed by atoms with Gasteiger partial charge in [0.2, 0.25) is 0 Å². The van der Waals surface area contributed by atoms with Gasteiger partial charge >= 0.3 is 0 Å². The molecule has 1 aromatic heterocycles. The SMILES string of the molecule is Fc1cccc(-n2nccc2-c2ccccc2)c1. The molecule has 0 atom stereocenters. The molecule has 0 saturated carbocycles. The molecule has 3 rings (SSSR count). The molecule has 88 valence electrons. The normalized spacial score (nSPS) is 10.5. The Morgan fingerprint density at radius 3 is 2.50 bits per heavy atom. The maximum Gasteiger partial charge on any atom is 0.125 e. The first-order chi connectivity index (χ1) is 8.84. The van der Waals surface area contributed by atoms with Crippen molar-refractivity contribution < 1.29 is 4.39 Å². The summed E-state index contributed by atoms with van der Waals surface area (Å²) in [5.41, 5.74) is 2.72. The van der Waals surface area contributed by atoms with Gasteiger partial charge in [-0.15, -0.1) is 0 Å². The van der Waals surface area contributed by atoms with Crippen molar-refractivity contribution in [1.82, 2.24) is 9.78 Å². The van der Waals surface area contributed by atoms with Gasteiger partial charge in [0.25, 0.3) is 0 Å². The largest absolute Gasteiger partial charge is 0.233 e. The smallest absolute Gasteiger partial charge is 0.125 e. The van der Waals surface area contributed by atoms with E-state index in [2.05, 4.69) is 5.10 Å². The first-order valence-electron chi connectivity index (χ1n) is 5.70. The zero-order valence-electron chi connectivity index (χ0n) is 9.62. The third kappa shape index (κ3) is 1.91. The van der Waals surface area contributed by atoms with Crippen molar-refractivity contribution >= 4 is 0 Å². The fourth-order valence-electron chi connectivity index (χ4n) is 1.94. The van der Waals surface area contributed by atoms with E-state index >= 15 is 0 Å². The van der Waals surface area contributed by atoms with Crippen molar-refractivity contribution in [3.63, 3.8) is 0 Å². The molecule has 2 nitrogen and oxygen atoms in total. The summed E-state index contributed by atoms with van der Waals surface area (Å²) in [7, 11) is 0. The van der Waals surface area contributed by atoms with Crippen molar-refractivity contribution in [2.45, 2.75) is 0 Å². The van der Waals surface area contributed by atoms with Crippen LogP contribution in [-0.4, -0.2) is 9.78 Å². The monoisotopic (exact) mass is 238 g/mol. The Bertz CT molecular complexity index is 659. The molecule has 0 radical (unpaired) electrons. The molecule has 0 amide bonds. The minimum absolute atomic E-state index is 0.262. The molecule has 3 aromatic rings. The fourth-order valence-corrected chi connectivity index (χ4v) is 1.94.